The van der Waals surface area contributed by atoms with Crippen molar-refractivity contribution in [1.82, 2.24) is 19.8 Å². The summed E-state index contributed by atoms with van der Waals surface area (Å²) < 4.78 is 0. The first-order chi connectivity index (χ1) is 10.4. The van der Waals surface area contributed by atoms with Crippen molar-refractivity contribution < 1.29 is 5.11 Å². The maximum atomic E-state index is 10.4. The summed E-state index contributed by atoms with van der Waals surface area (Å²) in [4.78, 5) is 15.6. The molecule has 1 N–H and O–H groups in total. The first-order valence-electron chi connectivity index (χ1n) is 7.98. The largest absolute Gasteiger partial charge is 0.390 e. The number of hydrogen-bond donors (Lipinski definition) is 1. The average molecular weight is 307 g/mol. The highest BCUT2D eigenvalue weighted by molar-refractivity contribution is 5.47. The molecular weight excluding hydrogens is 278 g/mol. The van der Waals surface area contributed by atoms with E-state index in [4.69, 9.17) is 0 Å². The lowest BCUT2D eigenvalue weighted by atomic mass is 10.2. The van der Waals surface area contributed by atoms with Crippen LogP contribution in [0.5, 0.6) is 0 Å². The lowest BCUT2D eigenvalue weighted by molar-refractivity contribution is 0.0842. The molecule has 1 aromatic heterocycles. The van der Waals surface area contributed by atoms with Crippen LogP contribution >= 0.6 is 0 Å². The molecule has 1 aromatic rings. The molecule has 6 nitrogen and oxygen atoms in total. The molecule has 1 saturated heterocycles. The van der Waals surface area contributed by atoms with Crippen molar-refractivity contribution in [1.29, 1.82) is 0 Å². The minimum atomic E-state index is -0.372. The van der Waals surface area contributed by atoms with Crippen LogP contribution in [0.1, 0.15) is 17.1 Å². The molecule has 1 aliphatic heterocycles. The molecule has 0 spiro atoms. The molecule has 22 heavy (non-hydrogen) atoms. The Balaban J connectivity index is 1.92. The first-order valence-corrected chi connectivity index (χ1v) is 7.98. The Morgan fingerprint density at radius 2 is 1.77 bits per heavy atom. The van der Waals surface area contributed by atoms with Crippen LogP contribution in [0.2, 0.25) is 0 Å². The van der Waals surface area contributed by atoms with Gasteiger partial charge in [0.05, 0.1) is 6.10 Å². The normalized spacial score (nSPS) is 18.5. The number of rotatable bonds is 5. The second-order valence-corrected chi connectivity index (χ2v) is 6.44. The van der Waals surface area contributed by atoms with Gasteiger partial charge in [0.25, 0.3) is 0 Å². The SMILES string of the molecule is Cc1nc(C)c(C)c(N(C)CC(O)CN2CCN(C)CC2)n1. The summed E-state index contributed by atoms with van der Waals surface area (Å²) >= 11 is 0. The highest BCUT2D eigenvalue weighted by atomic mass is 16.3. The molecule has 6 heteroatoms. The van der Waals surface area contributed by atoms with Crippen molar-refractivity contribution in [2.75, 3.05) is 58.3 Å². The number of aliphatic hydroxyl groups is 1. The van der Waals surface area contributed by atoms with E-state index in [2.05, 4.69) is 26.8 Å². The molecule has 2 heterocycles. The minimum absolute atomic E-state index is 0.372. The molecule has 1 atom stereocenters. The maximum Gasteiger partial charge on any atom is 0.135 e. The molecule has 0 amide bonds. The number of nitrogens with zero attached hydrogens (tertiary/aromatic N) is 5. The molecular formula is C16H29N5O. The zero-order valence-corrected chi connectivity index (χ0v) is 14.5. The van der Waals surface area contributed by atoms with Gasteiger partial charge >= 0.3 is 0 Å². The van der Waals surface area contributed by atoms with Crippen LogP contribution < -0.4 is 4.90 Å². The molecule has 1 unspecified atom stereocenters. The van der Waals surface area contributed by atoms with Crippen LogP contribution in [0.3, 0.4) is 0 Å². The molecule has 0 aromatic carbocycles. The third-order valence-electron chi connectivity index (χ3n) is 4.39. The lowest BCUT2D eigenvalue weighted by Gasteiger charge is -2.34. The summed E-state index contributed by atoms with van der Waals surface area (Å²) in [5.41, 5.74) is 2.09. The number of aromatic nitrogens is 2. The number of aryl methyl sites for hydroxylation is 2. The number of β-amino-alcohol motifs (C(OH)–C–C–N with tert-alkyl or cyclic N) is 1. The summed E-state index contributed by atoms with van der Waals surface area (Å²) in [6, 6.07) is 0. The van der Waals surface area contributed by atoms with E-state index in [0.29, 0.717) is 6.54 Å². The van der Waals surface area contributed by atoms with Crippen molar-refractivity contribution in [2.45, 2.75) is 26.9 Å². The van der Waals surface area contributed by atoms with Gasteiger partial charge in [0.1, 0.15) is 11.6 Å². The van der Waals surface area contributed by atoms with Crippen LogP contribution in [0.4, 0.5) is 5.82 Å². The van der Waals surface area contributed by atoms with Gasteiger partial charge in [0.15, 0.2) is 0 Å². The molecule has 2 rings (SSSR count). The molecule has 0 radical (unpaired) electrons. The number of aliphatic hydroxyl groups excluding tert-OH is 1. The first kappa shape index (κ1) is 17.1. The summed E-state index contributed by atoms with van der Waals surface area (Å²) in [5, 5.41) is 10.4. The number of hydrogen-bond acceptors (Lipinski definition) is 6. The quantitative estimate of drug-likeness (QED) is 0.852. The fourth-order valence-electron chi connectivity index (χ4n) is 2.91. The predicted octanol–water partition coefficient (Wildman–Crippen LogP) is 0.446. The molecule has 1 fully saturated rings. The van der Waals surface area contributed by atoms with Crippen LogP contribution in [-0.4, -0.2) is 84.3 Å². The van der Waals surface area contributed by atoms with E-state index in [1.807, 2.05) is 32.7 Å². The highest BCUT2D eigenvalue weighted by Gasteiger charge is 2.19. The number of anilines is 1. The Kier molecular flexibility index (Phi) is 5.72. The molecule has 0 aliphatic carbocycles. The fourth-order valence-corrected chi connectivity index (χ4v) is 2.91. The number of piperazine rings is 1. The van der Waals surface area contributed by atoms with E-state index in [1.165, 1.54) is 0 Å². The monoisotopic (exact) mass is 307 g/mol. The summed E-state index contributed by atoms with van der Waals surface area (Å²) in [6.45, 7) is 11.5. The fraction of sp³-hybridized carbons (Fsp3) is 0.750. The van der Waals surface area contributed by atoms with Crippen molar-refractivity contribution in [3.8, 4) is 0 Å². The van der Waals surface area contributed by atoms with E-state index in [-0.39, 0.29) is 6.10 Å². The number of likely N-dealkylation sites (N-methyl/N-ethyl adjacent to an activating group) is 2. The van der Waals surface area contributed by atoms with Gasteiger partial charge < -0.3 is 14.9 Å². The maximum absolute atomic E-state index is 10.4. The predicted molar refractivity (Wildman–Crippen MR) is 89.5 cm³/mol. The summed E-state index contributed by atoms with van der Waals surface area (Å²) in [7, 11) is 4.13. The van der Waals surface area contributed by atoms with E-state index in [0.717, 1.165) is 55.6 Å². The zero-order chi connectivity index (χ0) is 16.3. The molecule has 1 aliphatic rings. The van der Waals surface area contributed by atoms with E-state index < -0.39 is 0 Å². The van der Waals surface area contributed by atoms with Gasteiger partial charge in [-0.05, 0) is 27.8 Å². The highest BCUT2D eigenvalue weighted by Crippen LogP contribution is 2.18. The van der Waals surface area contributed by atoms with Gasteiger partial charge in [0, 0.05) is 57.6 Å². The van der Waals surface area contributed by atoms with E-state index in [9.17, 15) is 5.11 Å². The molecule has 0 bridgehead atoms. The van der Waals surface area contributed by atoms with Crippen molar-refractivity contribution in [3.63, 3.8) is 0 Å². The van der Waals surface area contributed by atoms with Gasteiger partial charge in [-0.25, -0.2) is 9.97 Å². The average Bonchev–Trinajstić information content (AvgIpc) is 2.45. The van der Waals surface area contributed by atoms with E-state index >= 15 is 0 Å². The summed E-state index contributed by atoms with van der Waals surface area (Å²) in [6.07, 6.45) is -0.372. The Morgan fingerprint density at radius 1 is 1.14 bits per heavy atom. The molecule has 124 valence electrons. The topological polar surface area (TPSA) is 55.7 Å². The van der Waals surface area contributed by atoms with E-state index in [1.54, 1.807) is 0 Å². The Morgan fingerprint density at radius 3 is 2.41 bits per heavy atom. The third kappa shape index (κ3) is 4.38. The smallest absolute Gasteiger partial charge is 0.135 e. The van der Waals surface area contributed by atoms with Gasteiger partial charge in [0.2, 0.25) is 0 Å². The second-order valence-electron chi connectivity index (χ2n) is 6.44. The standard InChI is InChI=1S/C16H29N5O/c1-12-13(2)17-14(3)18-16(12)20(5)10-15(22)11-21-8-6-19(4)7-9-21/h15,22H,6-11H2,1-5H3. The van der Waals surface area contributed by atoms with Gasteiger partial charge in [-0.1, -0.05) is 0 Å². The lowest BCUT2D eigenvalue weighted by Crippen LogP contribution is -2.48. The summed E-state index contributed by atoms with van der Waals surface area (Å²) in [5.74, 6) is 1.70. The van der Waals surface area contributed by atoms with Gasteiger partial charge in [-0.3, -0.25) is 4.90 Å². The Labute approximate surface area is 133 Å². The van der Waals surface area contributed by atoms with Crippen LogP contribution in [0.15, 0.2) is 0 Å². The van der Waals surface area contributed by atoms with Crippen molar-refractivity contribution in [2.24, 2.45) is 0 Å². The zero-order valence-electron chi connectivity index (χ0n) is 14.5. The van der Waals surface area contributed by atoms with Crippen molar-refractivity contribution >= 4 is 5.82 Å². The van der Waals surface area contributed by atoms with Gasteiger partial charge in [-0.2, -0.15) is 0 Å². The minimum Gasteiger partial charge on any atom is -0.390 e. The van der Waals surface area contributed by atoms with Crippen LogP contribution in [-0.2, 0) is 0 Å². The second kappa shape index (κ2) is 7.35. The molecule has 0 saturated carbocycles. The van der Waals surface area contributed by atoms with Crippen molar-refractivity contribution in [3.05, 3.63) is 17.1 Å². The van der Waals surface area contributed by atoms with Gasteiger partial charge in [-0.15, -0.1) is 0 Å². The van der Waals surface area contributed by atoms with Crippen LogP contribution in [0.25, 0.3) is 0 Å². The Bertz CT molecular complexity index is 500. The Hall–Kier alpha value is -1.24. The third-order valence-corrected chi connectivity index (χ3v) is 4.39. The van der Waals surface area contributed by atoms with Crippen LogP contribution in [0, 0.1) is 20.8 Å².